The number of aromatic amines is 1. The highest BCUT2D eigenvalue weighted by molar-refractivity contribution is 6.46. The Morgan fingerprint density at radius 2 is 1.84 bits per heavy atom. The van der Waals surface area contributed by atoms with Crippen LogP contribution < -0.4 is 4.74 Å². The lowest BCUT2D eigenvalue weighted by molar-refractivity contribution is -0.384. The van der Waals surface area contributed by atoms with Gasteiger partial charge in [0.2, 0.25) is 0 Å². The number of amides is 1. The van der Waals surface area contributed by atoms with Gasteiger partial charge >= 0.3 is 0 Å². The third kappa shape index (κ3) is 4.50. The molecule has 0 saturated carbocycles. The number of rotatable bonds is 8. The van der Waals surface area contributed by atoms with E-state index in [0.717, 1.165) is 16.5 Å². The number of nitrogens with one attached hydrogen (secondary N) is 1. The Kier molecular flexibility index (Phi) is 6.66. The first-order chi connectivity index (χ1) is 18.4. The van der Waals surface area contributed by atoms with Crippen LogP contribution in [0.15, 0.2) is 84.6 Å². The Morgan fingerprint density at radius 1 is 1.08 bits per heavy atom. The molecule has 1 atom stereocenters. The summed E-state index contributed by atoms with van der Waals surface area (Å²) >= 11 is 0. The lowest BCUT2D eigenvalue weighted by Gasteiger charge is -2.25. The number of hydrogen-bond acceptors (Lipinski definition) is 6. The number of non-ortho nitro benzene ring substituents is 1. The van der Waals surface area contributed by atoms with Crippen molar-refractivity contribution in [3.05, 3.63) is 111 Å². The summed E-state index contributed by atoms with van der Waals surface area (Å²) < 4.78 is 5.45. The van der Waals surface area contributed by atoms with Gasteiger partial charge in [0.1, 0.15) is 11.5 Å². The molecule has 38 heavy (non-hydrogen) atoms. The van der Waals surface area contributed by atoms with E-state index >= 15 is 0 Å². The summed E-state index contributed by atoms with van der Waals surface area (Å²) in [6.45, 7) is 2.49. The van der Waals surface area contributed by atoms with Crippen LogP contribution in [0.2, 0.25) is 0 Å². The van der Waals surface area contributed by atoms with Crippen molar-refractivity contribution in [2.75, 3.05) is 13.2 Å². The van der Waals surface area contributed by atoms with E-state index < -0.39 is 22.7 Å². The van der Waals surface area contributed by atoms with Gasteiger partial charge in [-0.2, -0.15) is 0 Å². The van der Waals surface area contributed by atoms with Crippen molar-refractivity contribution in [1.29, 1.82) is 0 Å². The number of nitro benzene ring substituents is 1. The molecule has 0 radical (unpaired) electrons. The highest BCUT2D eigenvalue weighted by Crippen LogP contribution is 2.40. The number of carbonyl (C=O) groups is 2. The van der Waals surface area contributed by atoms with Crippen molar-refractivity contribution in [2.24, 2.45) is 0 Å². The van der Waals surface area contributed by atoms with Gasteiger partial charge in [-0.1, -0.05) is 30.3 Å². The van der Waals surface area contributed by atoms with Crippen LogP contribution in [0.1, 0.15) is 29.7 Å². The molecule has 9 heteroatoms. The summed E-state index contributed by atoms with van der Waals surface area (Å²) in [6, 6.07) is 19.1. The maximum Gasteiger partial charge on any atom is 0.295 e. The average Bonchev–Trinajstić information content (AvgIpc) is 3.46. The molecule has 4 aromatic rings. The van der Waals surface area contributed by atoms with E-state index in [1.54, 1.807) is 30.3 Å². The number of ether oxygens (including phenoxy) is 1. The van der Waals surface area contributed by atoms with Gasteiger partial charge in [-0.05, 0) is 54.8 Å². The molecule has 1 aliphatic rings. The quantitative estimate of drug-likeness (QED) is 0.111. The predicted molar refractivity (Wildman–Crippen MR) is 142 cm³/mol. The van der Waals surface area contributed by atoms with Gasteiger partial charge in [-0.3, -0.25) is 19.7 Å². The largest absolute Gasteiger partial charge is 0.507 e. The molecule has 192 valence electrons. The maximum absolute atomic E-state index is 13.3. The molecule has 3 aromatic carbocycles. The number of aliphatic hydroxyl groups is 1. The van der Waals surface area contributed by atoms with Gasteiger partial charge < -0.3 is 19.7 Å². The van der Waals surface area contributed by atoms with E-state index in [1.807, 2.05) is 37.4 Å². The van der Waals surface area contributed by atoms with Crippen molar-refractivity contribution >= 4 is 34.0 Å². The first-order valence-corrected chi connectivity index (χ1v) is 12.2. The van der Waals surface area contributed by atoms with E-state index in [-0.39, 0.29) is 23.6 Å². The molecule has 0 unspecified atom stereocenters. The third-order valence-corrected chi connectivity index (χ3v) is 6.67. The van der Waals surface area contributed by atoms with Crippen LogP contribution >= 0.6 is 0 Å². The third-order valence-electron chi connectivity index (χ3n) is 6.67. The first-order valence-electron chi connectivity index (χ1n) is 12.2. The molecule has 2 N–H and O–H groups in total. The van der Waals surface area contributed by atoms with Gasteiger partial charge in [0, 0.05) is 41.3 Å². The van der Waals surface area contributed by atoms with Gasteiger partial charge in [-0.25, -0.2) is 0 Å². The fourth-order valence-corrected chi connectivity index (χ4v) is 4.88. The van der Waals surface area contributed by atoms with Crippen LogP contribution in [0.3, 0.4) is 0 Å². The summed E-state index contributed by atoms with van der Waals surface area (Å²) in [5.74, 6) is -1.36. The Morgan fingerprint density at radius 3 is 2.58 bits per heavy atom. The normalized spacial score (nSPS) is 16.8. The Bertz CT molecular complexity index is 1570. The Balaban J connectivity index is 1.57. The van der Waals surface area contributed by atoms with E-state index in [4.69, 9.17) is 4.74 Å². The molecular weight excluding hydrogens is 486 g/mol. The molecule has 1 aromatic heterocycles. The molecule has 1 saturated heterocycles. The standard InChI is InChI=1S/C29H25N3O6/c1-2-38-22-12-10-18(11-13-22)27(33)25-26(19-6-5-7-21(16-19)32(36)37)31(29(35)28(25)34)15-14-20-17-30-24-9-4-3-8-23(20)24/h3-13,16-17,26,30,33H,2,14-15H2,1H3/t26-/m0/s1. The fraction of sp³-hybridized carbons (Fsp3) is 0.172. The van der Waals surface area contributed by atoms with Crippen LogP contribution in [0.4, 0.5) is 5.69 Å². The summed E-state index contributed by atoms with van der Waals surface area (Å²) in [5.41, 5.74) is 2.33. The van der Waals surface area contributed by atoms with E-state index in [2.05, 4.69) is 4.98 Å². The molecule has 0 spiro atoms. The van der Waals surface area contributed by atoms with E-state index in [0.29, 0.717) is 29.9 Å². The summed E-state index contributed by atoms with van der Waals surface area (Å²) in [4.78, 5) is 42.1. The van der Waals surface area contributed by atoms with Gasteiger partial charge in [0.25, 0.3) is 17.4 Å². The molecule has 0 aliphatic carbocycles. The van der Waals surface area contributed by atoms with Crippen LogP contribution in [0.25, 0.3) is 16.7 Å². The van der Waals surface area contributed by atoms with Gasteiger partial charge in [0.15, 0.2) is 0 Å². The van der Waals surface area contributed by atoms with Crippen molar-refractivity contribution in [2.45, 2.75) is 19.4 Å². The summed E-state index contributed by atoms with van der Waals surface area (Å²) in [5, 5.41) is 23.7. The fourth-order valence-electron chi connectivity index (χ4n) is 4.88. The number of aliphatic hydroxyl groups excluding tert-OH is 1. The van der Waals surface area contributed by atoms with Gasteiger partial charge in [-0.15, -0.1) is 0 Å². The lowest BCUT2D eigenvalue weighted by atomic mass is 9.95. The number of hydrogen-bond donors (Lipinski definition) is 2. The first kappa shape index (κ1) is 24.8. The second kappa shape index (κ2) is 10.2. The zero-order chi connectivity index (χ0) is 26.8. The summed E-state index contributed by atoms with van der Waals surface area (Å²) in [6.07, 6.45) is 2.30. The lowest BCUT2D eigenvalue weighted by Crippen LogP contribution is -2.31. The second-order valence-electron chi connectivity index (χ2n) is 8.91. The number of para-hydroxylation sites is 1. The Hall–Kier alpha value is -4.92. The van der Waals surface area contributed by atoms with Crippen molar-refractivity contribution < 1.29 is 24.4 Å². The number of Topliss-reactive ketones (excluding diaryl/α,β-unsaturated/α-hetero) is 1. The molecule has 1 aliphatic heterocycles. The zero-order valence-electron chi connectivity index (χ0n) is 20.6. The number of ketones is 1. The Labute approximate surface area is 218 Å². The molecule has 2 heterocycles. The van der Waals surface area contributed by atoms with Crippen LogP contribution in [-0.2, 0) is 16.0 Å². The average molecular weight is 512 g/mol. The molecule has 1 amide bonds. The highest BCUT2D eigenvalue weighted by Gasteiger charge is 2.46. The number of likely N-dealkylation sites (tertiary alicyclic amines) is 1. The highest BCUT2D eigenvalue weighted by atomic mass is 16.6. The van der Waals surface area contributed by atoms with Crippen molar-refractivity contribution in [1.82, 2.24) is 9.88 Å². The monoisotopic (exact) mass is 511 g/mol. The maximum atomic E-state index is 13.3. The SMILES string of the molecule is CCOc1ccc(C(O)=C2C(=O)C(=O)N(CCc3c[nH]c4ccccc34)[C@H]2c2cccc([N+](=O)[O-])c2)cc1. The number of carbonyl (C=O) groups excluding carboxylic acids is 2. The molecule has 0 bridgehead atoms. The number of nitrogens with zero attached hydrogens (tertiary/aromatic N) is 2. The van der Waals surface area contributed by atoms with Crippen LogP contribution in [0.5, 0.6) is 5.75 Å². The van der Waals surface area contributed by atoms with Crippen molar-refractivity contribution in [3.8, 4) is 5.75 Å². The minimum absolute atomic E-state index is 0.112. The molecule has 5 rings (SSSR count). The predicted octanol–water partition coefficient (Wildman–Crippen LogP) is 5.14. The van der Waals surface area contributed by atoms with E-state index in [1.165, 1.54) is 23.1 Å². The number of nitro groups is 1. The minimum Gasteiger partial charge on any atom is -0.507 e. The smallest absolute Gasteiger partial charge is 0.295 e. The number of aromatic nitrogens is 1. The second-order valence-corrected chi connectivity index (χ2v) is 8.91. The van der Waals surface area contributed by atoms with Gasteiger partial charge in [0.05, 0.1) is 23.1 Å². The van der Waals surface area contributed by atoms with Crippen LogP contribution in [0, 0.1) is 10.1 Å². The van der Waals surface area contributed by atoms with Crippen molar-refractivity contribution in [3.63, 3.8) is 0 Å². The minimum atomic E-state index is -0.994. The van der Waals surface area contributed by atoms with E-state index in [9.17, 15) is 24.8 Å². The topological polar surface area (TPSA) is 126 Å². The molecule has 9 nitrogen and oxygen atoms in total. The molecular formula is C29H25N3O6. The van der Waals surface area contributed by atoms with Crippen LogP contribution in [-0.4, -0.2) is 44.8 Å². The number of fused-ring (bicyclic) bond motifs is 1. The number of benzene rings is 3. The zero-order valence-corrected chi connectivity index (χ0v) is 20.6. The summed E-state index contributed by atoms with van der Waals surface area (Å²) in [7, 11) is 0. The number of H-pyrrole nitrogens is 1. The molecule has 1 fully saturated rings.